The van der Waals surface area contributed by atoms with E-state index >= 15 is 0 Å². The average molecular weight is 425 g/mol. The Balaban J connectivity index is 1.70. The van der Waals surface area contributed by atoms with Gasteiger partial charge in [0.1, 0.15) is 0 Å². The van der Waals surface area contributed by atoms with Gasteiger partial charge in [0.2, 0.25) is 5.91 Å². The van der Waals surface area contributed by atoms with Crippen LogP contribution in [0.1, 0.15) is 38.3 Å². The molecular weight excluding hydrogens is 388 g/mol. The van der Waals surface area contributed by atoms with E-state index in [1.54, 1.807) is 0 Å². The second kappa shape index (κ2) is 9.46. The fourth-order valence-corrected chi connectivity index (χ4v) is 4.65. The zero-order chi connectivity index (χ0) is 21.8. The number of carbonyl (C=O) groups is 1. The molecule has 0 aliphatic carbocycles. The van der Waals surface area contributed by atoms with Crippen LogP contribution in [0, 0.1) is 0 Å². The lowest BCUT2D eigenvalue weighted by atomic mass is 10.1. The molecule has 0 radical (unpaired) electrons. The normalized spacial score (nSPS) is 19.9. The van der Waals surface area contributed by atoms with Crippen molar-refractivity contribution in [3.8, 4) is 0 Å². The predicted octanol–water partition coefficient (Wildman–Crippen LogP) is 4.97. The van der Waals surface area contributed by atoms with E-state index < -0.39 is 8.32 Å². The highest BCUT2D eigenvalue weighted by Gasteiger charge is 2.40. The van der Waals surface area contributed by atoms with Gasteiger partial charge in [-0.1, -0.05) is 81.4 Å². The van der Waals surface area contributed by atoms with Crippen molar-refractivity contribution in [2.45, 2.75) is 70.5 Å². The van der Waals surface area contributed by atoms with E-state index in [1.807, 2.05) is 12.1 Å². The van der Waals surface area contributed by atoms with Gasteiger partial charge in [0.25, 0.3) is 0 Å². The van der Waals surface area contributed by atoms with Crippen LogP contribution in [0.25, 0.3) is 0 Å². The third kappa shape index (κ3) is 5.81. The fourth-order valence-electron chi connectivity index (χ4n) is 3.60. The first kappa shape index (κ1) is 22.7. The molecule has 1 aliphatic rings. The van der Waals surface area contributed by atoms with Crippen molar-refractivity contribution in [3.05, 3.63) is 71.8 Å². The summed E-state index contributed by atoms with van der Waals surface area (Å²) in [6.45, 7) is 13.4. The van der Waals surface area contributed by atoms with Crippen molar-refractivity contribution < 1.29 is 9.22 Å². The second-order valence-electron chi connectivity index (χ2n) is 9.90. The summed E-state index contributed by atoms with van der Waals surface area (Å²) in [5.74, 6) is 0.116. The van der Waals surface area contributed by atoms with E-state index in [0.717, 1.165) is 19.5 Å². The van der Waals surface area contributed by atoms with Crippen molar-refractivity contribution in [1.29, 1.82) is 0 Å². The minimum Gasteiger partial charge on any atom is -0.415 e. The first-order chi connectivity index (χ1) is 14.2. The Hall–Kier alpha value is -1.95. The van der Waals surface area contributed by atoms with E-state index in [9.17, 15) is 4.79 Å². The molecule has 0 saturated carbocycles. The molecule has 162 valence electrons. The summed E-state index contributed by atoms with van der Waals surface area (Å²) >= 11 is 0. The van der Waals surface area contributed by atoms with Crippen LogP contribution < -0.4 is 5.32 Å². The Morgan fingerprint density at radius 2 is 1.47 bits per heavy atom. The lowest BCUT2D eigenvalue weighted by Crippen LogP contribution is -2.44. The summed E-state index contributed by atoms with van der Waals surface area (Å²) in [6.07, 6.45) is 0.785. The van der Waals surface area contributed by atoms with Crippen LogP contribution in [0.15, 0.2) is 60.7 Å². The lowest BCUT2D eigenvalue weighted by Gasteiger charge is -2.37. The monoisotopic (exact) mass is 424 g/mol. The van der Waals surface area contributed by atoms with Gasteiger partial charge in [0.15, 0.2) is 8.32 Å². The molecule has 0 aromatic heterocycles. The SMILES string of the molecule is CC(C)(C)[Si](C)(C)OC[C@@H]1C[C@H](N(Cc2ccccc2)Cc2ccccc2)C(=O)N1. The summed E-state index contributed by atoms with van der Waals surface area (Å²) < 4.78 is 6.40. The van der Waals surface area contributed by atoms with Gasteiger partial charge < -0.3 is 9.74 Å². The van der Waals surface area contributed by atoms with Gasteiger partial charge in [-0.05, 0) is 35.7 Å². The molecular formula is C25H36N2O2Si. The standard InChI is InChI=1S/C25H36N2O2Si/c1-25(2,3)30(4,5)29-19-22-16-23(24(28)26-22)27(17-20-12-8-6-9-13-20)18-21-14-10-7-11-15-21/h6-15,22-23H,16-19H2,1-5H3,(H,26,28)/t22-,23-/m0/s1. The summed E-state index contributed by atoms with van der Waals surface area (Å²) in [6, 6.07) is 20.7. The largest absolute Gasteiger partial charge is 0.415 e. The molecule has 0 unspecified atom stereocenters. The number of hydrogen-bond acceptors (Lipinski definition) is 3. The summed E-state index contributed by atoms with van der Waals surface area (Å²) in [5, 5.41) is 3.36. The molecule has 4 nitrogen and oxygen atoms in total. The van der Waals surface area contributed by atoms with Crippen molar-refractivity contribution in [3.63, 3.8) is 0 Å². The molecule has 2 aromatic rings. The number of hydrogen-bond donors (Lipinski definition) is 1. The lowest BCUT2D eigenvalue weighted by molar-refractivity contribution is -0.124. The number of nitrogens with one attached hydrogen (secondary N) is 1. The third-order valence-corrected chi connectivity index (χ3v) is 11.0. The van der Waals surface area contributed by atoms with E-state index in [2.05, 4.69) is 92.6 Å². The third-order valence-electron chi connectivity index (χ3n) is 6.51. The van der Waals surface area contributed by atoms with E-state index in [-0.39, 0.29) is 23.0 Å². The Morgan fingerprint density at radius 3 is 1.93 bits per heavy atom. The molecule has 1 heterocycles. The van der Waals surface area contributed by atoms with Crippen LogP contribution in [-0.4, -0.2) is 37.8 Å². The first-order valence-electron chi connectivity index (χ1n) is 10.9. The van der Waals surface area contributed by atoms with Crippen LogP contribution in [-0.2, 0) is 22.3 Å². The maximum Gasteiger partial charge on any atom is 0.237 e. The predicted molar refractivity (Wildman–Crippen MR) is 126 cm³/mol. The molecule has 0 spiro atoms. The van der Waals surface area contributed by atoms with Gasteiger partial charge in [-0.15, -0.1) is 0 Å². The van der Waals surface area contributed by atoms with Crippen molar-refractivity contribution >= 4 is 14.2 Å². The molecule has 5 heteroatoms. The Morgan fingerprint density at radius 1 is 0.967 bits per heavy atom. The number of rotatable bonds is 8. The van der Waals surface area contributed by atoms with Gasteiger partial charge in [-0.25, -0.2) is 0 Å². The van der Waals surface area contributed by atoms with E-state index in [4.69, 9.17) is 4.43 Å². The maximum absolute atomic E-state index is 12.9. The van der Waals surface area contributed by atoms with Crippen molar-refractivity contribution in [2.24, 2.45) is 0 Å². The molecule has 1 aliphatic heterocycles. The molecule has 2 aromatic carbocycles. The molecule has 1 saturated heterocycles. The smallest absolute Gasteiger partial charge is 0.237 e. The Labute approximate surface area is 182 Å². The van der Waals surface area contributed by atoms with Crippen molar-refractivity contribution in [2.75, 3.05) is 6.61 Å². The fraction of sp³-hybridized carbons (Fsp3) is 0.480. The summed E-state index contributed by atoms with van der Waals surface area (Å²) in [7, 11) is -1.83. The van der Waals surface area contributed by atoms with E-state index in [0.29, 0.717) is 6.61 Å². The molecule has 2 atom stereocenters. The molecule has 3 rings (SSSR count). The van der Waals surface area contributed by atoms with Crippen LogP contribution >= 0.6 is 0 Å². The Kier molecular flexibility index (Phi) is 7.16. The van der Waals surface area contributed by atoms with Gasteiger partial charge in [0, 0.05) is 13.1 Å². The number of amides is 1. The topological polar surface area (TPSA) is 41.6 Å². The zero-order valence-corrected chi connectivity index (χ0v) is 20.0. The Bertz CT molecular complexity index is 777. The van der Waals surface area contributed by atoms with Crippen LogP contribution in [0.3, 0.4) is 0 Å². The van der Waals surface area contributed by atoms with E-state index in [1.165, 1.54) is 11.1 Å². The quantitative estimate of drug-likeness (QED) is 0.609. The minimum atomic E-state index is -1.83. The summed E-state index contributed by atoms with van der Waals surface area (Å²) in [5.41, 5.74) is 2.45. The van der Waals surface area contributed by atoms with Gasteiger partial charge in [-0.3, -0.25) is 9.69 Å². The van der Waals surface area contributed by atoms with Crippen LogP contribution in [0.5, 0.6) is 0 Å². The van der Waals surface area contributed by atoms with Gasteiger partial charge in [-0.2, -0.15) is 0 Å². The molecule has 1 amide bonds. The average Bonchev–Trinajstić information content (AvgIpc) is 3.07. The highest BCUT2D eigenvalue weighted by Crippen LogP contribution is 2.36. The highest BCUT2D eigenvalue weighted by molar-refractivity contribution is 6.74. The van der Waals surface area contributed by atoms with Crippen LogP contribution in [0.2, 0.25) is 18.1 Å². The zero-order valence-electron chi connectivity index (χ0n) is 19.0. The minimum absolute atomic E-state index is 0.0747. The molecule has 1 N–H and O–H groups in total. The number of nitrogens with zero attached hydrogens (tertiary/aromatic N) is 1. The molecule has 30 heavy (non-hydrogen) atoms. The first-order valence-corrected chi connectivity index (χ1v) is 13.8. The molecule has 1 fully saturated rings. The second-order valence-corrected chi connectivity index (χ2v) is 14.7. The molecule has 0 bridgehead atoms. The number of carbonyl (C=O) groups excluding carboxylic acids is 1. The number of benzene rings is 2. The van der Waals surface area contributed by atoms with Gasteiger partial charge >= 0.3 is 0 Å². The van der Waals surface area contributed by atoms with Crippen molar-refractivity contribution in [1.82, 2.24) is 10.2 Å². The highest BCUT2D eigenvalue weighted by atomic mass is 28.4. The summed E-state index contributed by atoms with van der Waals surface area (Å²) in [4.78, 5) is 15.2. The van der Waals surface area contributed by atoms with Crippen LogP contribution in [0.4, 0.5) is 0 Å². The maximum atomic E-state index is 12.9. The van der Waals surface area contributed by atoms with Gasteiger partial charge in [0.05, 0.1) is 18.7 Å².